The van der Waals surface area contributed by atoms with Crippen molar-refractivity contribution in [1.29, 1.82) is 0 Å². The molecule has 1 saturated heterocycles. The third-order valence-corrected chi connectivity index (χ3v) is 6.87. The molecule has 30 heavy (non-hydrogen) atoms. The van der Waals surface area contributed by atoms with Crippen LogP contribution in [-0.2, 0) is 19.6 Å². The van der Waals surface area contributed by atoms with Crippen LogP contribution in [0.4, 0.5) is 5.69 Å². The van der Waals surface area contributed by atoms with Crippen molar-refractivity contribution in [3.8, 4) is 5.75 Å². The average molecular weight is 429 g/mol. The van der Waals surface area contributed by atoms with E-state index in [9.17, 15) is 18.0 Å². The topological polar surface area (TPSA) is 92.8 Å². The number of sulfonamides is 1. The van der Waals surface area contributed by atoms with Gasteiger partial charge in [0.1, 0.15) is 11.8 Å². The van der Waals surface area contributed by atoms with Gasteiger partial charge in [0.2, 0.25) is 11.7 Å². The normalized spacial score (nSPS) is 21.0. The first kappa shape index (κ1) is 20.4. The number of benzene rings is 2. The highest BCUT2D eigenvalue weighted by Gasteiger charge is 2.47. The molecule has 2 aromatic carbocycles. The number of Topliss-reactive ketones (excluding diaryl/α,β-unsaturated/α-hetero) is 1. The van der Waals surface area contributed by atoms with Crippen molar-refractivity contribution < 1.29 is 22.7 Å². The molecule has 0 aromatic heterocycles. The molecule has 0 spiro atoms. The van der Waals surface area contributed by atoms with Crippen molar-refractivity contribution in [3.05, 3.63) is 54.1 Å². The zero-order chi connectivity index (χ0) is 21.5. The molecule has 0 aliphatic carbocycles. The number of nitrogens with zero attached hydrogens (tertiary/aromatic N) is 1. The highest BCUT2D eigenvalue weighted by molar-refractivity contribution is 7.92. The van der Waals surface area contributed by atoms with Crippen LogP contribution in [0.3, 0.4) is 0 Å². The molecule has 7 nitrogen and oxygen atoms in total. The van der Waals surface area contributed by atoms with E-state index in [1.54, 1.807) is 55.1 Å². The maximum absolute atomic E-state index is 13.2. The third-order valence-electron chi connectivity index (χ3n) is 5.49. The average Bonchev–Trinajstić information content (AvgIpc) is 2.70. The summed E-state index contributed by atoms with van der Waals surface area (Å²) < 4.78 is 34.3. The number of rotatable bonds is 4. The van der Waals surface area contributed by atoms with Gasteiger partial charge in [-0.25, -0.2) is 8.42 Å². The zero-order valence-corrected chi connectivity index (χ0v) is 17.7. The number of likely N-dealkylation sites (tertiary alicyclic amines) is 1. The van der Waals surface area contributed by atoms with E-state index < -0.39 is 21.7 Å². The quantitative estimate of drug-likeness (QED) is 0.807. The first-order valence-electron chi connectivity index (χ1n) is 9.94. The van der Waals surface area contributed by atoms with Crippen LogP contribution in [0.15, 0.2) is 53.4 Å². The number of fused-ring (bicyclic) bond motifs is 1. The van der Waals surface area contributed by atoms with Crippen LogP contribution < -0.4 is 9.46 Å². The Labute approximate surface area is 176 Å². The van der Waals surface area contributed by atoms with Crippen LogP contribution in [0.2, 0.25) is 0 Å². The molecule has 1 atom stereocenters. The van der Waals surface area contributed by atoms with Gasteiger partial charge in [-0.3, -0.25) is 14.3 Å². The van der Waals surface area contributed by atoms with E-state index in [1.165, 1.54) is 12.1 Å². The molecule has 2 aromatic rings. The van der Waals surface area contributed by atoms with Gasteiger partial charge in [0, 0.05) is 24.2 Å². The monoisotopic (exact) mass is 428 g/mol. The minimum Gasteiger partial charge on any atom is -0.480 e. The Bertz CT molecular complexity index is 1100. The lowest BCUT2D eigenvalue weighted by Crippen LogP contribution is -2.52. The molecule has 1 amide bonds. The molecule has 0 saturated carbocycles. The van der Waals surface area contributed by atoms with Crippen molar-refractivity contribution in [1.82, 2.24) is 4.90 Å². The highest BCUT2D eigenvalue weighted by atomic mass is 32.2. The summed E-state index contributed by atoms with van der Waals surface area (Å²) in [7, 11) is -3.88. The SMILES string of the molecule is CC1(C)Oc2ccc(S(=O)(=O)Nc3ccccc3)cc2C(N2CCCCC2=O)C1=O. The van der Waals surface area contributed by atoms with Gasteiger partial charge in [0.05, 0.1) is 4.90 Å². The lowest BCUT2D eigenvalue weighted by atomic mass is 9.86. The van der Waals surface area contributed by atoms with Crippen LogP contribution in [0.25, 0.3) is 0 Å². The zero-order valence-electron chi connectivity index (χ0n) is 16.9. The van der Waals surface area contributed by atoms with Crippen LogP contribution in [-0.4, -0.2) is 37.2 Å². The Morgan fingerprint density at radius 1 is 1.07 bits per heavy atom. The summed E-state index contributed by atoms with van der Waals surface area (Å²) in [5, 5.41) is 0. The van der Waals surface area contributed by atoms with E-state index in [2.05, 4.69) is 4.72 Å². The smallest absolute Gasteiger partial charge is 0.261 e. The fourth-order valence-corrected chi connectivity index (χ4v) is 5.02. The Balaban J connectivity index is 1.77. The number of ether oxygens (including phenoxy) is 1. The number of hydrogen-bond acceptors (Lipinski definition) is 5. The summed E-state index contributed by atoms with van der Waals surface area (Å²) in [6, 6.07) is 12.2. The van der Waals surface area contributed by atoms with Crippen molar-refractivity contribution in [2.45, 2.75) is 49.6 Å². The first-order valence-corrected chi connectivity index (χ1v) is 11.4. The fourth-order valence-electron chi connectivity index (χ4n) is 3.93. The van der Waals surface area contributed by atoms with Gasteiger partial charge in [-0.2, -0.15) is 0 Å². The van der Waals surface area contributed by atoms with Gasteiger partial charge in [0.15, 0.2) is 5.60 Å². The Morgan fingerprint density at radius 2 is 1.80 bits per heavy atom. The molecule has 2 heterocycles. The van der Waals surface area contributed by atoms with Gasteiger partial charge < -0.3 is 9.64 Å². The second-order valence-corrected chi connectivity index (χ2v) is 9.78. The molecule has 8 heteroatoms. The second kappa shape index (κ2) is 7.43. The maximum atomic E-state index is 13.2. The van der Waals surface area contributed by atoms with E-state index in [0.717, 1.165) is 12.8 Å². The molecule has 0 bridgehead atoms. The Morgan fingerprint density at radius 3 is 2.50 bits per heavy atom. The number of anilines is 1. The van der Waals surface area contributed by atoms with Crippen LogP contribution in [0.1, 0.15) is 44.7 Å². The predicted molar refractivity (Wildman–Crippen MR) is 112 cm³/mol. The molecule has 0 radical (unpaired) electrons. The summed E-state index contributed by atoms with van der Waals surface area (Å²) in [6.07, 6.45) is 1.98. The van der Waals surface area contributed by atoms with E-state index in [-0.39, 0.29) is 16.6 Å². The van der Waals surface area contributed by atoms with Crippen LogP contribution in [0.5, 0.6) is 5.75 Å². The van der Waals surface area contributed by atoms with Gasteiger partial charge in [-0.1, -0.05) is 18.2 Å². The minimum atomic E-state index is -3.88. The van der Waals surface area contributed by atoms with Gasteiger partial charge >= 0.3 is 0 Å². The van der Waals surface area contributed by atoms with Crippen molar-refractivity contribution in [3.63, 3.8) is 0 Å². The van der Waals surface area contributed by atoms with E-state index in [1.807, 2.05) is 0 Å². The second-order valence-electron chi connectivity index (χ2n) is 8.09. The van der Waals surface area contributed by atoms with Crippen LogP contribution >= 0.6 is 0 Å². The van der Waals surface area contributed by atoms with E-state index >= 15 is 0 Å². The molecule has 4 rings (SSSR count). The number of amides is 1. The van der Waals surface area contributed by atoms with Crippen molar-refractivity contribution in [2.24, 2.45) is 0 Å². The summed E-state index contributed by atoms with van der Waals surface area (Å²) in [5.74, 6) is 0.0661. The predicted octanol–water partition coefficient (Wildman–Crippen LogP) is 3.28. The maximum Gasteiger partial charge on any atom is 0.261 e. The highest BCUT2D eigenvalue weighted by Crippen LogP contribution is 2.42. The number of nitrogens with one attached hydrogen (secondary N) is 1. The molecule has 2 aliphatic heterocycles. The van der Waals surface area contributed by atoms with Crippen molar-refractivity contribution in [2.75, 3.05) is 11.3 Å². The molecule has 1 fully saturated rings. The number of piperidine rings is 1. The Kier molecular flexibility index (Phi) is 5.05. The van der Waals surface area contributed by atoms with Gasteiger partial charge in [-0.15, -0.1) is 0 Å². The molecular weight excluding hydrogens is 404 g/mol. The minimum absolute atomic E-state index is 0.00988. The number of carbonyl (C=O) groups excluding carboxylic acids is 2. The first-order chi connectivity index (χ1) is 14.2. The molecular formula is C22H24N2O5S. The molecule has 2 aliphatic rings. The summed E-state index contributed by atoms with van der Waals surface area (Å²) in [4.78, 5) is 27.4. The van der Waals surface area contributed by atoms with Gasteiger partial charge in [-0.05, 0) is 57.0 Å². The Hall–Kier alpha value is -2.87. The summed E-state index contributed by atoms with van der Waals surface area (Å²) >= 11 is 0. The fraction of sp³-hybridized carbons (Fsp3) is 0.364. The molecule has 1 unspecified atom stereocenters. The summed E-state index contributed by atoms with van der Waals surface area (Å²) in [5.41, 5.74) is -0.269. The lowest BCUT2D eigenvalue weighted by molar-refractivity contribution is -0.150. The summed E-state index contributed by atoms with van der Waals surface area (Å²) in [6.45, 7) is 3.80. The number of carbonyl (C=O) groups is 2. The largest absolute Gasteiger partial charge is 0.480 e. The van der Waals surface area contributed by atoms with Crippen molar-refractivity contribution >= 4 is 27.4 Å². The lowest BCUT2D eigenvalue weighted by Gasteiger charge is -2.42. The number of para-hydroxylation sites is 1. The van der Waals surface area contributed by atoms with Gasteiger partial charge in [0.25, 0.3) is 10.0 Å². The molecule has 158 valence electrons. The van der Waals surface area contributed by atoms with E-state index in [4.69, 9.17) is 4.74 Å². The number of ketones is 1. The number of hydrogen-bond donors (Lipinski definition) is 1. The standard InChI is InChI=1S/C22H24N2O5S/c1-22(2)21(26)20(24-13-7-6-10-19(24)25)17-14-16(11-12-18(17)29-22)30(27,28)23-15-8-4-3-5-9-15/h3-5,8-9,11-12,14,20,23H,6-7,10,13H2,1-2H3. The molecule has 1 N–H and O–H groups in total. The van der Waals surface area contributed by atoms with Crippen LogP contribution in [0, 0.1) is 0 Å². The van der Waals surface area contributed by atoms with E-state index in [0.29, 0.717) is 30.0 Å². The third kappa shape index (κ3) is 3.67.